The van der Waals surface area contributed by atoms with Crippen molar-refractivity contribution in [2.45, 2.75) is 13.3 Å². The maximum atomic E-state index is 11.4. The van der Waals surface area contributed by atoms with Gasteiger partial charge in [-0.15, -0.1) is 12.4 Å². The van der Waals surface area contributed by atoms with Crippen LogP contribution in [0.2, 0.25) is 0 Å². The first kappa shape index (κ1) is 17.9. The van der Waals surface area contributed by atoms with Crippen molar-refractivity contribution in [1.29, 1.82) is 0 Å². The Hall–Kier alpha value is -2.11. The number of benzene rings is 1. The van der Waals surface area contributed by atoms with Gasteiger partial charge in [0.2, 0.25) is 0 Å². The van der Waals surface area contributed by atoms with Gasteiger partial charge < -0.3 is 9.75 Å². The van der Waals surface area contributed by atoms with Crippen molar-refractivity contribution >= 4 is 24.1 Å². The molecule has 0 spiro atoms. The maximum absolute atomic E-state index is 11.4. The molecule has 0 unspecified atom stereocenters. The fraction of sp³-hybridized carbons (Fsp3) is 0.250. The number of anilines is 1. The van der Waals surface area contributed by atoms with Crippen LogP contribution < -0.4 is 10.9 Å². The molecule has 2 N–H and O–H groups in total. The molecule has 0 aliphatic carbocycles. The standard InChI is InChI=1S/C16H19N3O2.ClH/c1-12-3-4-13(11-18-12)9-10-19(17)15-7-5-14(6-8-15)16(20)21-2;/h3-8,11H,9-10,17H2,1-2H3;1H. The third kappa shape index (κ3) is 4.72. The van der Waals surface area contributed by atoms with E-state index in [4.69, 9.17) is 5.84 Å². The van der Waals surface area contributed by atoms with E-state index in [0.29, 0.717) is 12.1 Å². The monoisotopic (exact) mass is 321 g/mol. The van der Waals surface area contributed by atoms with Crippen LogP contribution in [0.3, 0.4) is 0 Å². The minimum Gasteiger partial charge on any atom is -0.465 e. The number of methoxy groups -OCH3 is 1. The molecule has 0 atom stereocenters. The molecule has 0 saturated heterocycles. The van der Waals surface area contributed by atoms with Crippen LogP contribution in [0.4, 0.5) is 5.69 Å². The maximum Gasteiger partial charge on any atom is 0.337 e. The second-order valence-electron chi connectivity index (χ2n) is 4.79. The molecule has 6 heteroatoms. The van der Waals surface area contributed by atoms with Gasteiger partial charge in [-0.3, -0.25) is 4.98 Å². The lowest BCUT2D eigenvalue weighted by molar-refractivity contribution is 0.0601. The zero-order chi connectivity index (χ0) is 15.2. The summed E-state index contributed by atoms with van der Waals surface area (Å²) in [5.74, 6) is 5.68. The van der Waals surface area contributed by atoms with Crippen LogP contribution in [-0.4, -0.2) is 24.6 Å². The van der Waals surface area contributed by atoms with E-state index in [-0.39, 0.29) is 18.4 Å². The fourth-order valence-corrected chi connectivity index (χ4v) is 1.93. The Morgan fingerprint density at radius 2 is 1.91 bits per heavy atom. The van der Waals surface area contributed by atoms with Gasteiger partial charge in [0.05, 0.1) is 18.4 Å². The lowest BCUT2D eigenvalue weighted by atomic mass is 10.1. The molecule has 0 radical (unpaired) electrons. The van der Waals surface area contributed by atoms with Crippen molar-refractivity contribution in [2.24, 2.45) is 5.84 Å². The first-order valence-corrected chi connectivity index (χ1v) is 6.72. The van der Waals surface area contributed by atoms with Crippen LogP contribution >= 0.6 is 12.4 Å². The lowest BCUT2D eigenvalue weighted by Gasteiger charge is -2.18. The van der Waals surface area contributed by atoms with Crippen LogP contribution in [0.1, 0.15) is 21.6 Å². The average molecular weight is 322 g/mol. The van der Waals surface area contributed by atoms with E-state index < -0.39 is 0 Å². The molecule has 118 valence electrons. The van der Waals surface area contributed by atoms with E-state index in [1.807, 2.05) is 19.2 Å². The van der Waals surface area contributed by atoms with Crippen molar-refractivity contribution in [1.82, 2.24) is 4.98 Å². The van der Waals surface area contributed by atoms with Gasteiger partial charge in [-0.25, -0.2) is 10.6 Å². The van der Waals surface area contributed by atoms with Crippen LogP contribution in [0, 0.1) is 6.92 Å². The Morgan fingerprint density at radius 3 is 2.45 bits per heavy atom. The minimum absolute atomic E-state index is 0. The van der Waals surface area contributed by atoms with Gasteiger partial charge in [0.25, 0.3) is 0 Å². The van der Waals surface area contributed by atoms with E-state index in [1.165, 1.54) is 7.11 Å². The molecule has 0 bridgehead atoms. The summed E-state index contributed by atoms with van der Waals surface area (Å²) in [6.07, 6.45) is 2.67. The summed E-state index contributed by atoms with van der Waals surface area (Å²) in [6.45, 7) is 2.63. The summed E-state index contributed by atoms with van der Waals surface area (Å²) in [4.78, 5) is 15.6. The van der Waals surface area contributed by atoms with E-state index in [2.05, 4.69) is 15.8 Å². The molecule has 1 aromatic carbocycles. The number of nitrogens with zero attached hydrogens (tertiary/aromatic N) is 2. The van der Waals surface area contributed by atoms with E-state index in [0.717, 1.165) is 23.4 Å². The van der Waals surface area contributed by atoms with E-state index in [9.17, 15) is 4.79 Å². The highest BCUT2D eigenvalue weighted by Crippen LogP contribution is 2.14. The van der Waals surface area contributed by atoms with Gasteiger partial charge in [-0.2, -0.15) is 0 Å². The normalized spacial score (nSPS) is 9.77. The highest BCUT2D eigenvalue weighted by Gasteiger charge is 2.07. The molecular weight excluding hydrogens is 302 g/mol. The number of pyridine rings is 1. The largest absolute Gasteiger partial charge is 0.465 e. The lowest BCUT2D eigenvalue weighted by Crippen LogP contribution is -2.32. The SMILES string of the molecule is COC(=O)c1ccc(N(N)CCc2ccc(C)nc2)cc1.Cl. The van der Waals surface area contributed by atoms with Gasteiger partial charge >= 0.3 is 5.97 Å². The summed E-state index contributed by atoms with van der Waals surface area (Å²) in [7, 11) is 1.36. The molecular formula is C16H20ClN3O2. The summed E-state index contributed by atoms with van der Waals surface area (Å²) in [6, 6.07) is 11.1. The molecule has 5 nitrogen and oxygen atoms in total. The van der Waals surface area contributed by atoms with Crippen molar-refractivity contribution in [3.8, 4) is 0 Å². The number of hydrogen-bond acceptors (Lipinski definition) is 5. The Labute approximate surface area is 136 Å². The predicted molar refractivity (Wildman–Crippen MR) is 89.2 cm³/mol. The zero-order valence-electron chi connectivity index (χ0n) is 12.7. The fourth-order valence-electron chi connectivity index (χ4n) is 1.93. The molecule has 0 amide bonds. The number of aromatic nitrogens is 1. The minimum atomic E-state index is -0.351. The third-order valence-corrected chi connectivity index (χ3v) is 3.23. The summed E-state index contributed by atoms with van der Waals surface area (Å²) >= 11 is 0. The number of halogens is 1. The Morgan fingerprint density at radius 1 is 1.23 bits per heavy atom. The smallest absolute Gasteiger partial charge is 0.337 e. The second-order valence-corrected chi connectivity index (χ2v) is 4.79. The van der Waals surface area contributed by atoms with Gasteiger partial charge in [0.1, 0.15) is 0 Å². The Balaban J connectivity index is 0.00000242. The number of ether oxygens (including phenoxy) is 1. The first-order valence-electron chi connectivity index (χ1n) is 6.72. The summed E-state index contributed by atoms with van der Waals surface area (Å²) in [5, 5.41) is 1.65. The first-order chi connectivity index (χ1) is 10.1. The number of hydrogen-bond donors (Lipinski definition) is 1. The molecule has 1 heterocycles. The summed E-state index contributed by atoms with van der Waals surface area (Å²) < 4.78 is 4.66. The van der Waals surface area contributed by atoms with Gasteiger partial charge in [0.15, 0.2) is 0 Å². The molecule has 2 aromatic rings. The average Bonchev–Trinajstić information content (AvgIpc) is 2.53. The van der Waals surface area contributed by atoms with Crippen molar-refractivity contribution in [2.75, 3.05) is 18.7 Å². The highest BCUT2D eigenvalue weighted by molar-refractivity contribution is 5.89. The van der Waals surface area contributed by atoms with Crippen molar-refractivity contribution in [3.63, 3.8) is 0 Å². The highest BCUT2D eigenvalue weighted by atomic mass is 35.5. The number of aryl methyl sites for hydroxylation is 1. The topological polar surface area (TPSA) is 68.5 Å². The summed E-state index contributed by atoms with van der Waals surface area (Å²) in [5.41, 5.74) is 3.50. The van der Waals surface area contributed by atoms with E-state index in [1.54, 1.807) is 29.3 Å². The number of rotatable bonds is 5. The number of hydrazine groups is 1. The van der Waals surface area contributed by atoms with E-state index >= 15 is 0 Å². The van der Waals surface area contributed by atoms with Crippen molar-refractivity contribution in [3.05, 3.63) is 59.4 Å². The molecule has 0 fully saturated rings. The molecule has 0 saturated carbocycles. The Bertz CT molecular complexity index is 600. The van der Waals surface area contributed by atoms with Crippen molar-refractivity contribution < 1.29 is 9.53 Å². The van der Waals surface area contributed by atoms with Gasteiger partial charge in [0, 0.05) is 18.4 Å². The number of esters is 1. The van der Waals surface area contributed by atoms with Gasteiger partial charge in [-0.1, -0.05) is 6.07 Å². The molecule has 22 heavy (non-hydrogen) atoms. The van der Waals surface area contributed by atoms with Gasteiger partial charge in [-0.05, 0) is 49.2 Å². The number of carbonyl (C=O) groups excluding carboxylic acids is 1. The molecule has 0 aliphatic heterocycles. The number of carbonyl (C=O) groups is 1. The molecule has 1 aromatic heterocycles. The quantitative estimate of drug-likeness (QED) is 0.520. The predicted octanol–water partition coefficient (Wildman–Crippen LogP) is 2.52. The number of nitrogens with two attached hydrogens (primary N) is 1. The second kappa shape index (κ2) is 8.36. The Kier molecular flexibility index (Phi) is 6.82. The molecule has 0 aliphatic rings. The zero-order valence-corrected chi connectivity index (χ0v) is 13.5. The molecule has 2 rings (SSSR count). The van der Waals surface area contributed by atoms with Crippen LogP contribution in [-0.2, 0) is 11.2 Å². The van der Waals surface area contributed by atoms with Crippen LogP contribution in [0.5, 0.6) is 0 Å². The van der Waals surface area contributed by atoms with Crippen LogP contribution in [0.15, 0.2) is 42.6 Å². The van der Waals surface area contributed by atoms with Crippen LogP contribution in [0.25, 0.3) is 0 Å². The third-order valence-electron chi connectivity index (χ3n) is 3.23.